The highest BCUT2D eigenvalue weighted by Crippen LogP contribution is 2.42. The Labute approximate surface area is 188 Å². The fourth-order valence-corrected chi connectivity index (χ4v) is 5.36. The van der Waals surface area contributed by atoms with Gasteiger partial charge >= 0.3 is 12.2 Å². The van der Waals surface area contributed by atoms with Gasteiger partial charge in [-0.15, -0.1) is 0 Å². The minimum Gasteiger partial charge on any atom is -0.325 e. The number of nitrogens with one attached hydrogen (secondary N) is 1. The number of carbonyl (C=O) groups is 1. The van der Waals surface area contributed by atoms with Crippen molar-refractivity contribution in [2.45, 2.75) is 37.9 Å². The molecule has 2 amide bonds. The number of hydrogen-bond donors (Lipinski definition) is 1. The Bertz CT molecular complexity index is 995. The van der Waals surface area contributed by atoms with Crippen LogP contribution in [0.3, 0.4) is 0 Å². The standard InChI is InChI=1S/C22H26F4N6O/c23-18-9-17(22(24,25)26)2-1-15(18)10-30-12-21(13-30)4-7-31(8-5-21)20(33)32-6-3-16(11-32)19-27-14-28-29-19/h1-2,9,14,16H,3-8,10-13H2,(H,27,28,29)/t16-/m1/s1. The van der Waals surface area contributed by atoms with Gasteiger partial charge in [-0.3, -0.25) is 10.00 Å². The van der Waals surface area contributed by atoms with Crippen LogP contribution in [0.2, 0.25) is 0 Å². The van der Waals surface area contributed by atoms with Crippen LogP contribution in [0.5, 0.6) is 0 Å². The normalized spacial score (nSPS) is 23.2. The molecule has 0 aliphatic carbocycles. The molecule has 0 unspecified atom stereocenters. The van der Waals surface area contributed by atoms with Crippen LogP contribution in [-0.2, 0) is 12.7 Å². The van der Waals surface area contributed by atoms with Gasteiger partial charge in [0.05, 0.1) is 5.56 Å². The SMILES string of the molecule is O=C(N1CCC2(CC1)CN(Cc1ccc(C(F)(F)F)cc1F)C2)N1CC[C@@H](c2ncn[nH]2)C1. The summed E-state index contributed by atoms with van der Waals surface area (Å²) in [6.45, 7) is 4.56. The molecule has 0 bridgehead atoms. The van der Waals surface area contributed by atoms with Crippen LogP contribution in [0.25, 0.3) is 0 Å². The fourth-order valence-electron chi connectivity index (χ4n) is 5.36. The van der Waals surface area contributed by atoms with Gasteiger partial charge < -0.3 is 9.80 Å². The molecule has 5 rings (SSSR count). The first-order chi connectivity index (χ1) is 15.7. The number of amides is 2. The molecule has 3 fully saturated rings. The van der Waals surface area contributed by atoms with Crippen LogP contribution in [0.1, 0.15) is 42.1 Å². The largest absolute Gasteiger partial charge is 0.416 e. The van der Waals surface area contributed by atoms with E-state index in [-0.39, 0.29) is 22.9 Å². The van der Waals surface area contributed by atoms with Crippen LogP contribution in [0, 0.1) is 11.2 Å². The molecule has 3 aliphatic heterocycles. The van der Waals surface area contributed by atoms with E-state index in [1.165, 1.54) is 12.4 Å². The van der Waals surface area contributed by atoms with Crippen molar-refractivity contribution < 1.29 is 22.4 Å². The van der Waals surface area contributed by atoms with Gasteiger partial charge in [0.15, 0.2) is 0 Å². The van der Waals surface area contributed by atoms with Crippen LogP contribution in [0.4, 0.5) is 22.4 Å². The Morgan fingerprint density at radius 1 is 1.15 bits per heavy atom. The molecule has 7 nitrogen and oxygen atoms in total. The highest BCUT2D eigenvalue weighted by Gasteiger charge is 2.46. The van der Waals surface area contributed by atoms with E-state index in [9.17, 15) is 22.4 Å². The van der Waals surface area contributed by atoms with E-state index >= 15 is 0 Å². The summed E-state index contributed by atoms with van der Waals surface area (Å²) in [6, 6.07) is 2.80. The molecule has 0 saturated carbocycles. The Hall–Kier alpha value is -2.69. The average molecular weight is 466 g/mol. The summed E-state index contributed by atoms with van der Waals surface area (Å²) in [7, 11) is 0. The Kier molecular flexibility index (Phi) is 5.54. The number of benzene rings is 1. The molecule has 1 spiro atoms. The number of aromatic amines is 1. The van der Waals surface area contributed by atoms with E-state index in [0.29, 0.717) is 38.8 Å². The molecule has 3 aliphatic rings. The van der Waals surface area contributed by atoms with Gasteiger partial charge in [0.2, 0.25) is 0 Å². The number of halogens is 4. The highest BCUT2D eigenvalue weighted by atomic mass is 19.4. The zero-order valence-corrected chi connectivity index (χ0v) is 18.1. The smallest absolute Gasteiger partial charge is 0.325 e. The van der Waals surface area contributed by atoms with Gasteiger partial charge in [0, 0.05) is 57.3 Å². The third-order valence-electron chi connectivity index (χ3n) is 7.27. The second kappa shape index (κ2) is 8.27. The summed E-state index contributed by atoms with van der Waals surface area (Å²) >= 11 is 0. The Balaban J connectivity index is 1.10. The quantitative estimate of drug-likeness (QED) is 0.704. The maximum absolute atomic E-state index is 14.2. The van der Waals surface area contributed by atoms with Crippen molar-refractivity contribution in [1.29, 1.82) is 0 Å². The van der Waals surface area contributed by atoms with E-state index in [0.717, 1.165) is 44.2 Å². The topological polar surface area (TPSA) is 68.4 Å². The number of aromatic nitrogens is 3. The molecule has 1 atom stereocenters. The maximum Gasteiger partial charge on any atom is 0.416 e. The summed E-state index contributed by atoms with van der Waals surface area (Å²) in [6.07, 6.45) is -0.433. The molecular formula is C22H26F4N6O. The minimum atomic E-state index is -4.54. The van der Waals surface area contributed by atoms with E-state index in [1.807, 2.05) is 9.80 Å². The molecule has 4 heterocycles. The van der Waals surface area contributed by atoms with Crippen LogP contribution in [0.15, 0.2) is 24.5 Å². The highest BCUT2D eigenvalue weighted by molar-refractivity contribution is 5.75. The van der Waals surface area contributed by atoms with E-state index in [4.69, 9.17) is 0 Å². The molecule has 1 aromatic heterocycles. The number of nitrogens with zero attached hydrogens (tertiary/aromatic N) is 5. The number of H-pyrrole nitrogens is 1. The van der Waals surface area contributed by atoms with Crippen LogP contribution < -0.4 is 0 Å². The summed E-state index contributed by atoms with van der Waals surface area (Å²) in [5.41, 5.74) is -0.584. The second-order valence-corrected chi connectivity index (χ2v) is 9.52. The molecule has 1 aromatic carbocycles. The summed E-state index contributed by atoms with van der Waals surface area (Å²) < 4.78 is 52.4. The second-order valence-electron chi connectivity index (χ2n) is 9.52. The maximum atomic E-state index is 14.2. The lowest BCUT2D eigenvalue weighted by Crippen LogP contribution is -2.61. The number of hydrogen-bond acceptors (Lipinski definition) is 4. The van der Waals surface area contributed by atoms with E-state index in [1.54, 1.807) is 0 Å². The average Bonchev–Trinajstić information content (AvgIpc) is 3.45. The zero-order valence-electron chi connectivity index (χ0n) is 18.1. The number of rotatable bonds is 3. The van der Waals surface area contributed by atoms with Crippen molar-refractivity contribution in [3.63, 3.8) is 0 Å². The number of likely N-dealkylation sites (tertiary alicyclic amines) is 3. The first kappa shape index (κ1) is 22.1. The van der Waals surface area contributed by atoms with Gasteiger partial charge in [-0.05, 0) is 36.8 Å². The predicted molar refractivity (Wildman–Crippen MR) is 111 cm³/mol. The Morgan fingerprint density at radius 3 is 2.55 bits per heavy atom. The van der Waals surface area contributed by atoms with Crippen molar-refractivity contribution in [2.75, 3.05) is 39.3 Å². The van der Waals surface area contributed by atoms with Crippen molar-refractivity contribution in [1.82, 2.24) is 29.9 Å². The molecule has 3 saturated heterocycles. The van der Waals surface area contributed by atoms with Crippen LogP contribution >= 0.6 is 0 Å². The first-order valence-corrected chi connectivity index (χ1v) is 11.2. The van der Waals surface area contributed by atoms with Gasteiger partial charge in [-0.25, -0.2) is 14.2 Å². The third kappa shape index (κ3) is 4.42. The molecule has 2 aromatic rings. The molecule has 0 radical (unpaired) electrons. The molecule has 178 valence electrons. The predicted octanol–water partition coefficient (Wildman–Crippen LogP) is 3.47. The molecule has 33 heavy (non-hydrogen) atoms. The fraction of sp³-hybridized carbons (Fsp3) is 0.591. The van der Waals surface area contributed by atoms with Crippen molar-refractivity contribution in [3.05, 3.63) is 47.3 Å². The number of alkyl halides is 3. The Morgan fingerprint density at radius 2 is 1.91 bits per heavy atom. The van der Waals surface area contributed by atoms with Gasteiger partial charge in [0.25, 0.3) is 0 Å². The lowest BCUT2D eigenvalue weighted by atomic mass is 9.72. The van der Waals surface area contributed by atoms with Gasteiger partial charge in [0.1, 0.15) is 18.0 Å². The number of carbonyl (C=O) groups excluding carboxylic acids is 1. The summed E-state index contributed by atoms with van der Waals surface area (Å²) in [5.74, 6) is 0.195. The van der Waals surface area contributed by atoms with Gasteiger partial charge in [-0.2, -0.15) is 18.3 Å². The molecule has 1 N–H and O–H groups in total. The lowest BCUT2D eigenvalue weighted by Gasteiger charge is -2.54. The van der Waals surface area contributed by atoms with Gasteiger partial charge in [-0.1, -0.05) is 6.07 Å². The number of piperidine rings is 1. The molecule has 11 heteroatoms. The van der Waals surface area contributed by atoms with E-state index in [2.05, 4.69) is 20.1 Å². The summed E-state index contributed by atoms with van der Waals surface area (Å²) in [4.78, 5) is 23.0. The third-order valence-corrected chi connectivity index (χ3v) is 7.27. The number of urea groups is 1. The zero-order chi connectivity index (χ0) is 23.2. The van der Waals surface area contributed by atoms with Crippen molar-refractivity contribution in [3.8, 4) is 0 Å². The monoisotopic (exact) mass is 466 g/mol. The van der Waals surface area contributed by atoms with Crippen LogP contribution in [-0.4, -0.2) is 75.2 Å². The first-order valence-electron chi connectivity index (χ1n) is 11.2. The van der Waals surface area contributed by atoms with Crippen molar-refractivity contribution >= 4 is 6.03 Å². The lowest BCUT2D eigenvalue weighted by molar-refractivity contribution is -0.137. The van der Waals surface area contributed by atoms with E-state index < -0.39 is 17.6 Å². The minimum absolute atomic E-state index is 0.0647. The summed E-state index contributed by atoms with van der Waals surface area (Å²) in [5, 5.41) is 6.78. The van der Waals surface area contributed by atoms with Crippen molar-refractivity contribution in [2.24, 2.45) is 5.41 Å². The molecular weight excluding hydrogens is 440 g/mol.